The van der Waals surface area contributed by atoms with Crippen LogP contribution in [0.4, 0.5) is 0 Å². The van der Waals surface area contributed by atoms with Crippen LogP contribution in [0, 0.1) is 5.92 Å². The van der Waals surface area contributed by atoms with E-state index in [9.17, 15) is 4.79 Å². The summed E-state index contributed by atoms with van der Waals surface area (Å²) in [6.07, 6.45) is 0. The van der Waals surface area contributed by atoms with Crippen LogP contribution in [0.5, 0.6) is 5.75 Å². The number of carbonyl (C=O) groups excluding carboxylic acids is 1. The van der Waals surface area contributed by atoms with Crippen molar-refractivity contribution in [2.75, 3.05) is 33.9 Å². The molecule has 0 spiro atoms. The van der Waals surface area contributed by atoms with E-state index in [2.05, 4.69) is 24.5 Å². The van der Waals surface area contributed by atoms with Gasteiger partial charge in [-0.3, -0.25) is 4.79 Å². The van der Waals surface area contributed by atoms with Crippen molar-refractivity contribution < 1.29 is 14.3 Å². The van der Waals surface area contributed by atoms with E-state index >= 15 is 0 Å². The smallest absolute Gasteiger partial charge is 0.234 e. The monoisotopic (exact) mass is 330 g/mol. The molecule has 0 saturated heterocycles. The lowest BCUT2D eigenvalue weighted by atomic mass is 9.96. The molecule has 2 N–H and O–H groups in total. The lowest BCUT2D eigenvalue weighted by Gasteiger charge is -2.23. The normalized spacial score (nSPS) is 11.7. The highest BCUT2D eigenvalue weighted by Gasteiger charge is 2.18. The van der Waals surface area contributed by atoms with Gasteiger partial charge in [0.15, 0.2) is 0 Å². The number of halogens is 1. The van der Waals surface area contributed by atoms with E-state index in [0.29, 0.717) is 25.6 Å². The van der Waals surface area contributed by atoms with Gasteiger partial charge < -0.3 is 20.1 Å². The Labute approximate surface area is 139 Å². The van der Waals surface area contributed by atoms with Gasteiger partial charge in [0.05, 0.1) is 26.3 Å². The molecule has 6 heteroatoms. The molecule has 0 saturated carbocycles. The third-order valence-corrected chi connectivity index (χ3v) is 3.23. The van der Waals surface area contributed by atoms with Gasteiger partial charge in [0, 0.05) is 13.7 Å². The minimum absolute atomic E-state index is 0. The average molecular weight is 331 g/mol. The Hall–Kier alpha value is -1.30. The highest BCUT2D eigenvalue weighted by Crippen LogP contribution is 2.23. The lowest BCUT2D eigenvalue weighted by molar-refractivity contribution is -0.121. The van der Waals surface area contributed by atoms with Gasteiger partial charge in [-0.2, -0.15) is 0 Å². The number of rotatable bonds is 9. The zero-order valence-corrected chi connectivity index (χ0v) is 14.5. The number of carbonyl (C=O) groups is 1. The van der Waals surface area contributed by atoms with Crippen LogP contribution in [0.2, 0.25) is 0 Å². The summed E-state index contributed by atoms with van der Waals surface area (Å²) in [7, 11) is 3.28. The number of hydrogen-bond acceptors (Lipinski definition) is 4. The number of hydrogen-bond donors (Lipinski definition) is 2. The van der Waals surface area contributed by atoms with Crippen LogP contribution in [0.15, 0.2) is 24.3 Å². The maximum atomic E-state index is 12.0. The first-order valence-corrected chi connectivity index (χ1v) is 7.21. The topological polar surface area (TPSA) is 59.6 Å². The van der Waals surface area contributed by atoms with Crippen molar-refractivity contribution in [2.45, 2.75) is 19.9 Å². The summed E-state index contributed by atoms with van der Waals surface area (Å²) in [5.41, 5.74) is 1.08. The number of benzene rings is 1. The fourth-order valence-corrected chi connectivity index (χ4v) is 2.05. The van der Waals surface area contributed by atoms with Crippen molar-refractivity contribution in [1.29, 1.82) is 0 Å². The van der Waals surface area contributed by atoms with E-state index in [4.69, 9.17) is 9.47 Å². The fourth-order valence-electron chi connectivity index (χ4n) is 2.05. The molecule has 1 aromatic carbocycles. The Bertz CT molecular complexity index is 424. The van der Waals surface area contributed by atoms with E-state index < -0.39 is 0 Å². The van der Waals surface area contributed by atoms with Gasteiger partial charge >= 0.3 is 0 Å². The number of ether oxygens (including phenoxy) is 2. The molecule has 0 aliphatic carbocycles. The van der Waals surface area contributed by atoms with Gasteiger partial charge in [-0.25, -0.2) is 0 Å². The van der Waals surface area contributed by atoms with Crippen LogP contribution in [0.1, 0.15) is 25.5 Å². The van der Waals surface area contributed by atoms with E-state index in [1.54, 1.807) is 14.2 Å². The van der Waals surface area contributed by atoms with E-state index in [1.807, 2.05) is 24.3 Å². The maximum absolute atomic E-state index is 12.0. The van der Waals surface area contributed by atoms with Gasteiger partial charge in [-0.1, -0.05) is 26.0 Å². The van der Waals surface area contributed by atoms with Crippen molar-refractivity contribution in [1.82, 2.24) is 10.6 Å². The maximum Gasteiger partial charge on any atom is 0.234 e. The first-order chi connectivity index (χ1) is 10.1. The molecule has 0 aliphatic heterocycles. The minimum atomic E-state index is -0.0133. The molecule has 0 aliphatic rings. The first kappa shape index (κ1) is 20.7. The molecule has 1 unspecified atom stereocenters. The standard InChI is InChI=1S/C16H26N2O3.ClH/c1-12(2)16(13-5-7-14(21-4)8-6-13)18-15(19)11-17-9-10-20-3;/h5-8,12,16-17H,9-11H2,1-4H3,(H,18,19);1H. The molecular formula is C16H27ClN2O3. The van der Waals surface area contributed by atoms with Crippen molar-refractivity contribution in [3.63, 3.8) is 0 Å². The van der Waals surface area contributed by atoms with E-state index in [-0.39, 0.29) is 24.4 Å². The average Bonchev–Trinajstić information content (AvgIpc) is 2.49. The molecule has 0 fully saturated rings. The quantitative estimate of drug-likeness (QED) is 0.681. The summed E-state index contributed by atoms with van der Waals surface area (Å²) in [4.78, 5) is 12.0. The van der Waals surface area contributed by atoms with Crippen LogP contribution in [-0.4, -0.2) is 39.8 Å². The molecule has 1 amide bonds. The molecule has 5 nitrogen and oxygen atoms in total. The van der Waals surface area contributed by atoms with Gasteiger partial charge in [0.25, 0.3) is 0 Å². The summed E-state index contributed by atoms with van der Waals surface area (Å²) in [5.74, 6) is 1.11. The van der Waals surface area contributed by atoms with E-state index in [1.165, 1.54) is 0 Å². The molecule has 1 atom stereocenters. The van der Waals surface area contributed by atoms with Crippen molar-refractivity contribution >= 4 is 18.3 Å². The molecule has 0 bridgehead atoms. The van der Waals surface area contributed by atoms with Crippen molar-refractivity contribution in [2.24, 2.45) is 5.92 Å². The Morgan fingerprint density at radius 1 is 1.18 bits per heavy atom. The lowest BCUT2D eigenvalue weighted by Crippen LogP contribution is -2.38. The summed E-state index contributed by atoms with van der Waals surface area (Å²) in [6.45, 7) is 5.74. The summed E-state index contributed by atoms with van der Waals surface area (Å²) >= 11 is 0. The Morgan fingerprint density at radius 2 is 1.82 bits per heavy atom. The Kier molecular flexibility index (Phi) is 10.6. The van der Waals surface area contributed by atoms with Gasteiger partial charge in [0.2, 0.25) is 5.91 Å². The number of methoxy groups -OCH3 is 2. The third-order valence-electron chi connectivity index (χ3n) is 3.23. The Balaban J connectivity index is 0.00000441. The van der Waals surface area contributed by atoms with Crippen molar-refractivity contribution in [3.8, 4) is 5.75 Å². The predicted molar refractivity (Wildman–Crippen MR) is 90.7 cm³/mol. The second-order valence-electron chi connectivity index (χ2n) is 5.23. The highest BCUT2D eigenvalue weighted by molar-refractivity contribution is 5.85. The molecular weight excluding hydrogens is 304 g/mol. The first-order valence-electron chi connectivity index (χ1n) is 7.21. The van der Waals surface area contributed by atoms with Crippen LogP contribution < -0.4 is 15.4 Å². The van der Waals surface area contributed by atoms with Gasteiger partial charge in [-0.15, -0.1) is 12.4 Å². The van der Waals surface area contributed by atoms with Crippen LogP contribution in [0.3, 0.4) is 0 Å². The van der Waals surface area contributed by atoms with Crippen LogP contribution >= 0.6 is 12.4 Å². The van der Waals surface area contributed by atoms with E-state index in [0.717, 1.165) is 11.3 Å². The molecule has 0 heterocycles. The zero-order chi connectivity index (χ0) is 15.7. The van der Waals surface area contributed by atoms with Gasteiger partial charge in [-0.05, 0) is 23.6 Å². The SMILES string of the molecule is COCCNCC(=O)NC(c1ccc(OC)cc1)C(C)C.Cl. The predicted octanol–water partition coefficient (Wildman–Crippen LogP) is 2.17. The second kappa shape index (κ2) is 11.3. The number of nitrogens with one attached hydrogen (secondary N) is 2. The zero-order valence-electron chi connectivity index (χ0n) is 13.7. The largest absolute Gasteiger partial charge is 0.497 e. The van der Waals surface area contributed by atoms with Crippen LogP contribution in [0.25, 0.3) is 0 Å². The van der Waals surface area contributed by atoms with Crippen molar-refractivity contribution in [3.05, 3.63) is 29.8 Å². The summed E-state index contributed by atoms with van der Waals surface area (Å²) < 4.78 is 10.1. The van der Waals surface area contributed by atoms with Crippen LogP contribution in [-0.2, 0) is 9.53 Å². The summed E-state index contributed by atoms with van der Waals surface area (Å²) in [6, 6.07) is 7.79. The number of amides is 1. The minimum Gasteiger partial charge on any atom is -0.497 e. The summed E-state index contributed by atoms with van der Waals surface area (Å²) in [5, 5.41) is 6.11. The van der Waals surface area contributed by atoms with Gasteiger partial charge in [0.1, 0.15) is 5.75 Å². The highest BCUT2D eigenvalue weighted by atomic mass is 35.5. The molecule has 1 rings (SSSR count). The molecule has 0 radical (unpaired) electrons. The Morgan fingerprint density at radius 3 is 2.32 bits per heavy atom. The molecule has 1 aromatic rings. The third kappa shape index (κ3) is 7.11. The fraction of sp³-hybridized carbons (Fsp3) is 0.562. The molecule has 22 heavy (non-hydrogen) atoms. The molecule has 0 aromatic heterocycles. The second-order valence-corrected chi connectivity index (χ2v) is 5.23. The molecule has 126 valence electrons.